The van der Waals surface area contributed by atoms with E-state index in [0.717, 1.165) is 11.6 Å². The van der Waals surface area contributed by atoms with Crippen LogP contribution in [0.1, 0.15) is 49.4 Å². The van der Waals surface area contributed by atoms with Gasteiger partial charge in [-0.3, -0.25) is 4.79 Å². The zero-order chi connectivity index (χ0) is 28.5. The van der Waals surface area contributed by atoms with E-state index in [9.17, 15) is 22.4 Å². The van der Waals surface area contributed by atoms with Crippen molar-refractivity contribution < 1.29 is 42.2 Å². The lowest BCUT2D eigenvalue weighted by atomic mass is 9.92. The summed E-state index contributed by atoms with van der Waals surface area (Å²) in [6.07, 6.45) is -2.69. The fourth-order valence-corrected chi connectivity index (χ4v) is 4.29. The summed E-state index contributed by atoms with van der Waals surface area (Å²) in [5.74, 6) is -3.96. The van der Waals surface area contributed by atoms with Gasteiger partial charge in [-0.15, -0.1) is 0 Å². The largest absolute Gasteiger partial charge is 0.473 e. The Morgan fingerprint density at radius 2 is 1.53 bits per heavy atom. The number of hydrogen-bond acceptors (Lipinski definition) is 4. The zero-order valence-electron chi connectivity index (χ0n) is 21.2. The van der Waals surface area contributed by atoms with Crippen LogP contribution in [0.25, 0.3) is 0 Å². The van der Waals surface area contributed by atoms with E-state index in [1.165, 1.54) is 24.3 Å². The molecule has 0 radical (unpaired) electrons. The van der Waals surface area contributed by atoms with Crippen molar-refractivity contribution in [3.63, 3.8) is 0 Å². The fraction of sp³-hybridized carbons (Fsp3) is 0.444. The van der Waals surface area contributed by atoms with Gasteiger partial charge in [0.05, 0.1) is 11.6 Å². The van der Waals surface area contributed by atoms with Crippen LogP contribution >= 0.6 is 0 Å². The maximum atomic E-state index is 13.2. The van der Waals surface area contributed by atoms with Crippen molar-refractivity contribution in [3.05, 3.63) is 71.0 Å². The Hall–Kier alpha value is -3.47. The van der Waals surface area contributed by atoms with Crippen molar-refractivity contribution >= 4 is 17.8 Å². The molecular formula is C27H32F4N2O5. The van der Waals surface area contributed by atoms with Crippen LogP contribution in [0.5, 0.6) is 0 Å². The van der Waals surface area contributed by atoms with Crippen LogP contribution in [0.4, 0.5) is 17.6 Å². The first-order valence-corrected chi connectivity index (χ1v) is 12.2. The highest BCUT2D eigenvalue weighted by Gasteiger charge is 2.33. The van der Waals surface area contributed by atoms with Gasteiger partial charge in [0.25, 0.3) is 0 Å². The molecule has 3 rings (SSSR count). The molecule has 0 aliphatic carbocycles. The molecule has 1 aliphatic heterocycles. The summed E-state index contributed by atoms with van der Waals surface area (Å²) in [6, 6.07) is 11.7. The maximum absolute atomic E-state index is 13.2. The molecule has 208 valence electrons. The third-order valence-electron chi connectivity index (χ3n) is 6.36. The Balaban J connectivity index is 0.000000757. The molecular weight excluding hydrogens is 508 g/mol. The number of likely N-dealkylation sites (tertiary alicyclic amines) is 1. The number of carboxylic acid groups (broad SMARTS) is 2. The summed E-state index contributed by atoms with van der Waals surface area (Å²) >= 11 is 0. The van der Waals surface area contributed by atoms with Gasteiger partial charge in [0, 0.05) is 12.5 Å². The molecule has 1 atom stereocenters. The molecule has 1 amide bonds. The minimum Gasteiger partial charge on any atom is -0.473 e. The van der Waals surface area contributed by atoms with E-state index in [1.54, 1.807) is 18.2 Å². The second-order valence-electron chi connectivity index (χ2n) is 9.41. The van der Waals surface area contributed by atoms with Crippen molar-refractivity contribution in [2.45, 2.75) is 45.3 Å². The van der Waals surface area contributed by atoms with Crippen molar-refractivity contribution in [1.29, 1.82) is 0 Å². The lowest BCUT2D eigenvalue weighted by Gasteiger charge is -2.33. The topological polar surface area (TPSA) is 107 Å². The molecule has 1 fully saturated rings. The van der Waals surface area contributed by atoms with Crippen LogP contribution in [0.2, 0.25) is 0 Å². The van der Waals surface area contributed by atoms with E-state index in [0.29, 0.717) is 44.5 Å². The Morgan fingerprint density at radius 3 is 2.03 bits per heavy atom. The average molecular weight is 541 g/mol. The lowest BCUT2D eigenvalue weighted by Crippen LogP contribution is -2.43. The summed E-state index contributed by atoms with van der Waals surface area (Å²) in [4.78, 5) is 33.2. The van der Waals surface area contributed by atoms with E-state index >= 15 is 0 Å². The second kappa shape index (κ2) is 13.9. The maximum Gasteiger partial charge on any atom is 0.416 e. The number of halogens is 4. The van der Waals surface area contributed by atoms with Crippen molar-refractivity contribution in [2.24, 2.45) is 11.8 Å². The van der Waals surface area contributed by atoms with Crippen LogP contribution in [0.15, 0.2) is 48.5 Å². The van der Waals surface area contributed by atoms with Gasteiger partial charge in [0.1, 0.15) is 5.82 Å². The van der Waals surface area contributed by atoms with Crippen LogP contribution in [-0.2, 0) is 27.0 Å². The van der Waals surface area contributed by atoms with Crippen molar-refractivity contribution in [2.75, 3.05) is 19.6 Å². The van der Waals surface area contributed by atoms with Gasteiger partial charge >= 0.3 is 18.1 Å². The Morgan fingerprint density at radius 1 is 0.974 bits per heavy atom. The summed E-state index contributed by atoms with van der Waals surface area (Å²) in [7, 11) is 0. The minimum absolute atomic E-state index is 0.0184. The first-order chi connectivity index (χ1) is 17.8. The molecule has 0 saturated carbocycles. The molecule has 2 aromatic carbocycles. The van der Waals surface area contributed by atoms with Crippen LogP contribution in [-0.4, -0.2) is 52.6 Å². The number of rotatable bonds is 7. The molecule has 3 N–H and O–H groups in total. The number of carboxylic acids is 2. The standard InChI is InChI=1S/C25H30F4N2O.C2H2O4/c1-17(2)23(19-7-9-21(26)10-8-19)30-24(32)20-12-15-31(16-13-20)14-11-18-5-3-4-6-22(18)25(27,28)29;3-1(4)2(5)6/h3-10,17,20,23H,11-16H2,1-2H3,(H,30,32);(H,3,4)(H,5,6)/t23-;/m1./s1. The third-order valence-corrected chi connectivity index (χ3v) is 6.36. The predicted molar refractivity (Wildman–Crippen MR) is 132 cm³/mol. The highest BCUT2D eigenvalue weighted by atomic mass is 19.4. The Kier molecular flexibility index (Phi) is 11.2. The predicted octanol–water partition coefficient (Wildman–Crippen LogP) is 4.77. The van der Waals surface area contributed by atoms with Gasteiger partial charge in [0.15, 0.2) is 0 Å². The number of nitrogens with one attached hydrogen (secondary N) is 1. The van der Waals surface area contributed by atoms with Gasteiger partial charge in [-0.05, 0) is 67.6 Å². The molecule has 38 heavy (non-hydrogen) atoms. The number of nitrogens with zero attached hydrogens (tertiary/aromatic N) is 1. The molecule has 1 saturated heterocycles. The number of piperidine rings is 1. The SMILES string of the molecule is CC(C)[C@@H](NC(=O)C1CCN(CCc2ccccc2C(F)(F)F)CC1)c1ccc(F)cc1.O=C(O)C(=O)O. The molecule has 1 aliphatic rings. The number of benzene rings is 2. The molecule has 0 aromatic heterocycles. The van der Waals surface area contributed by atoms with Gasteiger partial charge < -0.3 is 20.4 Å². The first-order valence-electron chi connectivity index (χ1n) is 12.2. The second-order valence-corrected chi connectivity index (χ2v) is 9.41. The molecule has 0 unspecified atom stereocenters. The van der Waals surface area contributed by atoms with Crippen LogP contribution in [0, 0.1) is 17.7 Å². The number of hydrogen-bond donors (Lipinski definition) is 3. The fourth-order valence-electron chi connectivity index (χ4n) is 4.29. The lowest BCUT2D eigenvalue weighted by molar-refractivity contribution is -0.159. The summed E-state index contributed by atoms with van der Waals surface area (Å²) in [5, 5.41) is 17.9. The summed E-state index contributed by atoms with van der Waals surface area (Å²) in [5.41, 5.74) is 0.601. The Bertz CT molecular complexity index is 1070. The summed E-state index contributed by atoms with van der Waals surface area (Å²) < 4.78 is 52.8. The van der Waals surface area contributed by atoms with Gasteiger partial charge in [0.2, 0.25) is 5.91 Å². The first kappa shape index (κ1) is 30.8. The minimum atomic E-state index is -4.35. The number of amides is 1. The normalized spacial score (nSPS) is 15.3. The number of alkyl halides is 3. The van der Waals surface area contributed by atoms with Gasteiger partial charge in [-0.25, -0.2) is 14.0 Å². The average Bonchev–Trinajstić information content (AvgIpc) is 2.86. The van der Waals surface area contributed by atoms with Crippen molar-refractivity contribution in [1.82, 2.24) is 10.2 Å². The molecule has 7 nitrogen and oxygen atoms in total. The van der Waals surface area contributed by atoms with Crippen molar-refractivity contribution in [3.8, 4) is 0 Å². The molecule has 0 spiro atoms. The van der Waals surface area contributed by atoms with Gasteiger partial charge in [-0.1, -0.05) is 44.2 Å². The molecule has 0 bridgehead atoms. The van der Waals surface area contributed by atoms with E-state index < -0.39 is 23.7 Å². The number of aliphatic carboxylic acids is 2. The molecule has 11 heteroatoms. The highest BCUT2D eigenvalue weighted by molar-refractivity contribution is 6.27. The van der Waals surface area contributed by atoms with E-state index in [-0.39, 0.29) is 29.6 Å². The molecule has 1 heterocycles. The molecule has 2 aromatic rings. The smallest absolute Gasteiger partial charge is 0.416 e. The van der Waals surface area contributed by atoms with E-state index in [4.69, 9.17) is 19.8 Å². The number of carbonyl (C=O) groups is 3. The Labute approximate surface area is 218 Å². The highest BCUT2D eigenvalue weighted by Crippen LogP contribution is 2.32. The van der Waals surface area contributed by atoms with E-state index in [1.807, 2.05) is 13.8 Å². The zero-order valence-corrected chi connectivity index (χ0v) is 21.2. The quantitative estimate of drug-likeness (QED) is 0.345. The van der Waals surface area contributed by atoms with Crippen LogP contribution in [0.3, 0.4) is 0 Å². The third kappa shape index (κ3) is 9.44. The monoisotopic (exact) mass is 540 g/mol. The number of carbonyl (C=O) groups excluding carboxylic acids is 1. The van der Waals surface area contributed by atoms with E-state index in [2.05, 4.69) is 10.2 Å². The van der Waals surface area contributed by atoms with Crippen LogP contribution < -0.4 is 5.32 Å². The van der Waals surface area contributed by atoms with Gasteiger partial charge in [-0.2, -0.15) is 13.2 Å². The summed E-state index contributed by atoms with van der Waals surface area (Å²) in [6.45, 7) is 5.90.